The fourth-order valence-electron chi connectivity index (χ4n) is 3.97. The maximum absolute atomic E-state index is 13.3. The smallest absolute Gasteiger partial charge is 0.259 e. The number of nitrogens with zero attached hydrogens (tertiary/aromatic N) is 4. The van der Waals surface area contributed by atoms with E-state index in [0.717, 1.165) is 16.6 Å². The lowest BCUT2D eigenvalue weighted by atomic mass is 10.1. The number of tetrazole rings is 1. The van der Waals surface area contributed by atoms with E-state index in [1.54, 1.807) is 42.5 Å². The Balaban J connectivity index is 1.28. The number of para-hydroxylation sites is 3. The minimum Gasteiger partial charge on any atom is -0.486 e. The Labute approximate surface area is 208 Å². The van der Waals surface area contributed by atoms with Crippen molar-refractivity contribution in [2.45, 2.75) is 6.61 Å². The van der Waals surface area contributed by atoms with Crippen LogP contribution in [0.4, 0.5) is 5.69 Å². The van der Waals surface area contributed by atoms with Gasteiger partial charge in [0.25, 0.3) is 5.91 Å². The molecule has 10 heteroatoms. The van der Waals surface area contributed by atoms with E-state index in [2.05, 4.69) is 30.9 Å². The third kappa shape index (κ3) is 4.39. The van der Waals surface area contributed by atoms with Crippen molar-refractivity contribution < 1.29 is 13.9 Å². The molecule has 1 amide bonds. The summed E-state index contributed by atoms with van der Waals surface area (Å²) in [5.74, 6) is 0.311. The lowest BCUT2D eigenvalue weighted by Gasteiger charge is -2.13. The number of carbonyl (C=O) groups is 1. The zero-order valence-electron chi connectivity index (χ0n) is 19.2. The van der Waals surface area contributed by atoms with Crippen LogP contribution in [0.15, 0.2) is 94.1 Å². The van der Waals surface area contributed by atoms with Crippen LogP contribution in [0.2, 0.25) is 0 Å². The average molecular weight is 490 g/mol. The van der Waals surface area contributed by atoms with Crippen LogP contribution in [0.25, 0.3) is 33.5 Å². The largest absolute Gasteiger partial charge is 0.486 e. The zero-order chi connectivity index (χ0) is 25.2. The summed E-state index contributed by atoms with van der Waals surface area (Å²) in [7, 11) is 0. The van der Waals surface area contributed by atoms with Gasteiger partial charge in [-0.1, -0.05) is 42.5 Å². The predicted octanol–water partition coefficient (Wildman–Crippen LogP) is 4.35. The van der Waals surface area contributed by atoms with Gasteiger partial charge in [0.15, 0.2) is 16.8 Å². The van der Waals surface area contributed by atoms with E-state index in [-0.39, 0.29) is 29.2 Å². The van der Waals surface area contributed by atoms with E-state index in [9.17, 15) is 9.59 Å². The second-order valence-corrected chi connectivity index (χ2v) is 8.14. The molecule has 180 valence electrons. The molecule has 0 fully saturated rings. The number of aromatic nitrogens is 5. The fraction of sp³-hybridized carbons (Fsp3) is 0.0370. The van der Waals surface area contributed by atoms with Crippen molar-refractivity contribution in [3.8, 4) is 17.3 Å². The van der Waals surface area contributed by atoms with Crippen LogP contribution in [0.5, 0.6) is 5.75 Å². The molecule has 0 saturated carbocycles. The lowest BCUT2D eigenvalue weighted by molar-refractivity contribution is 0.102. The molecule has 0 aliphatic rings. The normalized spacial score (nSPS) is 11.0. The van der Waals surface area contributed by atoms with Gasteiger partial charge in [0, 0.05) is 11.5 Å². The van der Waals surface area contributed by atoms with Crippen molar-refractivity contribution in [2.24, 2.45) is 0 Å². The Kier molecular flexibility index (Phi) is 5.58. The molecule has 0 aliphatic heterocycles. The Bertz CT molecular complexity index is 1810. The lowest BCUT2D eigenvalue weighted by Crippen LogP contribution is -2.14. The zero-order valence-corrected chi connectivity index (χ0v) is 19.2. The number of amides is 1. The Morgan fingerprint density at radius 3 is 2.73 bits per heavy atom. The summed E-state index contributed by atoms with van der Waals surface area (Å²) in [5.41, 5.74) is 2.15. The quantitative estimate of drug-likeness (QED) is 0.352. The van der Waals surface area contributed by atoms with Crippen LogP contribution in [0.1, 0.15) is 16.1 Å². The summed E-state index contributed by atoms with van der Waals surface area (Å²) in [6.07, 6.45) is 0. The second kappa shape index (κ2) is 9.34. The number of ether oxygens (including phenoxy) is 1. The van der Waals surface area contributed by atoms with Gasteiger partial charge in [0.05, 0.1) is 27.8 Å². The van der Waals surface area contributed by atoms with Gasteiger partial charge in [-0.05, 0) is 46.8 Å². The van der Waals surface area contributed by atoms with Crippen molar-refractivity contribution in [3.63, 3.8) is 0 Å². The monoisotopic (exact) mass is 490 g/mol. The number of hydrogen-bond donors (Lipinski definition) is 2. The van der Waals surface area contributed by atoms with Crippen molar-refractivity contribution in [2.75, 3.05) is 5.32 Å². The van der Waals surface area contributed by atoms with E-state index < -0.39 is 5.91 Å². The molecule has 10 nitrogen and oxygen atoms in total. The van der Waals surface area contributed by atoms with Crippen LogP contribution in [-0.2, 0) is 6.61 Å². The van der Waals surface area contributed by atoms with Gasteiger partial charge >= 0.3 is 0 Å². The first kappa shape index (κ1) is 22.1. The van der Waals surface area contributed by atoms with Crippen LogP contribution in [0.3, 0.4) is 0 Å². The molecule has 3 aromatic carbocycles. The number of rotatable bonds is 6. The number of anilines is 1. The number of benzene rings is 3. The molecule has 0 radical (unpaired) electrons. The molecule has 3 heterocycles. The molecule has 37 heavy (non-hydrogen) atoms. The number of fused-ring (bicyclic) bond motifs is 2. The molecule has 0 saturated heterocycles. The van der Waals surface area contributed by atoms with Gasteiger partial charge < -0.3 is 14.5 Å². The number of hydrogen-bond acceptors (Lipinski definition) is 8. The van der Waals surface area contributed by atoms with Crippen LogP contribution in [0, 0.1) is 0 Å². The highest BCUT2D eigenvalue weighted by atomic mass is 16.5. The molecule has 0 spiro atoms. The molecular formula is C27H18N6O4. The standard InChI is InChI=1S/C27H18N6O4/c34-22-14-24(26-30-32-33-31-26)37-25-18(22)8-5-10-21(25)29-27(35)19-7-2-4-11-23(19)36-15-17-13-12-16-6-1-3-9-20(16)28-17/h1-14H,15H2,(H,29,35)(H,30,31,32,33). The first-order valence-electron chi connectivity index (χ1n) is 11.3. The minimum absolute atomic E-state index is 0.149. The van der Waals surface area contributed by atoms with Crippen molar-refractivity contribution in [1.82, 2.24) is 25.6 Å². The van der Waals surface area contributed by atoms with Gasteiger partial charge in [-0.15, -0.1) is 5.10 Å². The van der Waals surface area contributed by atoms with Gasteiger partial charge in [-0.3, -0.25) is 9.59 Å². The second-order valence-electron chi connectivity index (χ2n) is 8.14. The van der Waals surface area contributed by atoms with E-state index in [1.807, 2.05) is 36.4 Å². The molecule has 0 unspecified atom stereocenters. The summed E-state index contributed by atoms with van der Waals surface area (Å²) in [4.78, 5) is 30.6. The molecule has 0 atom stereocenters. The first-order chi connectivity index (χ1) is 18.2. The van der Waals surface area contributed by atoms with Gasteiger partial charge in [0.1, 0.15) is 12.4 Å². The summed E-state index contributed by atoms with van der Waals surface area (Å²) < 4.78 is 11.9. The first-order valence-corrected chi connectivity index (χ1v) is 11.3. The minimum atomic E-state index is -0.427. The van der Waals surface area contributed by atoms with Crippen molar-refractivity contribution >= 4 is 33.5 Å². The van der Waals surface area contributed by atoms with E-state index in [4.69, 9.17) is 9.15 Å². The number of aromatic amines is 1. The summed E-state index contributed by atoms with van der Waals surface area (Å²) in [6.45, 7) is 0.187. The van der Waals surface area contributed by atoms with Crippen LogP contribution in [-0.4, -0.2) is 31.5 Å². The highest BCUT2D eigenvalue weighted by molar-refractivity contribution is 6.09. The maximum atomic E-state index is 13.3. The molecule has 2 N–H and O–H groups in total. The van der Waals surface area contributed by atoms with E-state index in [1.165, 1.54) is 6.07 Å². The van der Waals surface area contributed by atoms with Crippen LogP contribution < -0.4 is 15.5 Å². The Morgan fingerprint density at radius 1 is 0.973 bits per heavy atom. The molecule has 0 bridgehead atoms. The molecule has 0 aliphatic carbocycles. The topological polar surface area (TPSA) is 136 Å². The predicted molar refractivity (Wildman–Crippen MR) is 136 cm³/mol. The Hall–Kier alpha value is -5.38. The average Bonchev–Trinajstić information content (AvgIpc) is 3.48. The summed E-state index contributed by atoms with van der Waals surface area (Å²) in [5, 5.41) is 17.6. The molecule has 3 aromatic heterocycles. The third-order valence-electron chi connectivity index (χ3n) is 5.74. The molecule has 6 aromatic rings. The summed E-state index contributed by atoms with van der Waals surface area (Å²) in [6, 6.07) is 24.8. The van der Waals surface area contributed by atoms with Crippen LogP contribution >= 0.6 is 0 Å². The number of carbonyl (C=O) groups excluding carboxylic acids is 1. The maximum Gasteiger partial charge on any atom is 0.259 e. The SMILES string of the molecule is O=C(Nc1cccc2c(=O)cc(-c3nnn[nH]3)oc12)c1ccccc1OCc1ccc2ccccc2n1. The summed E-state index contributed by atoms with van der Waals surface area (Å²) >= 11 is 0. The molecular weight excluding hydrogens is 472 g/mol. The van der Waals surface area contributed by atoms with E-state index >= 15 is 0 Å². The number of pyridine rings is 1. The highest BCUT2D eigenvalue weighted by Crippen LogP contribution is 2.27. The van der Waals surface area contributed by atoms with E-state index in [0.29, 0.717) is 22.4 Å². The van der Waals surface area contributed by atoms with Crippen molar-refractivity contribution in [3.05, 3.63) is 106 Å². The Morgan fingerprint density at radius 2 is 1.84 bits per heavy atom. The number of nitrogens with one attached hydrogen (secondary N) is 2. The van der Waals surface area contributed by atoms with Gasteiger partial charge in [-0.2, -0.15) is 0 Å². The van der Waals surface area contributed by atoms with Gasteiger partial charge in [0.2, 0.25) is 5.82 Å². The fourth-order valence-corrected chi connectivity index (χ4v) is 3.97. The number of H-pyrrole nitrogens is 1. The highest BCUT2D eigenvalue weighted by Gasteiger charge is 2.17. The van der Waals surface area contributed by atoms with Gasteiger partial charge in [-0.25, -0.2) is 10.1 Å². The molecule has 6 rings (SSSR count). The van der Waals surface area contributed by atoms with Crippen molar-refractivity contribution in [1.29, 1.82) is 0 Å². The third-order valence-corrected chi connectivity index (χ3v) is 5.74.